The number of aliphatic hydroxyl groups is 2. The molecule has 2 atom stereocenters. The quantitative estimate of drug-likeness (QED) is 0.0320. The fourth-order valence-corrected chi connectivity index (χ4v) is 11.4. The van der Waals surface area contributed by atoms with E-state index in [4.69, 9.17) is 4.74 Å². The average Bonchev–Trinajstić information content (AvgIpc) is 3.46. The molecule has 0 saturated heterocycles. The first-order valence-electron chi connectivity index (χ1n) is 36.2. The van der Waals surface area contributed by atoms with Gasteiger partial charge >= 0.3 is 5.97 Å². The predicted molar refractivity (Wildman–Crippen MR) is 352 cm³/mol. The molecule has 3 N–H and O–H groups in total. The van der Waals surface area contributed by atoms with Crippen LogP contribution in [0.4, 0.5) is 0 Å². The molecule has 6 nitrogen and oxygen atoms in total. The largest absolute Gasteiger partial charge is 0.466 e. The summed E-state index contributed by atoms with van der Waals surface area (Å²) in [7, 11) is 0. The molecule has 472 valence electrons. The zero-order valence-corrected chi connectivity index (χ0v) is 54.1. The summed E-state index contributed by atoms with van der Waals surface area (Å²) < 4.78 is 5.47. The number of rotatable bonds is 68. The van der Waals surface area contributed by atoms with Crippen molar-refractivity contribution in [1.29, 1.82) is 0 Å². The van der Waals surface area contributed by atoms with Gasteiger partial charge in [-0.3, -0.25) is 9.59 Å². The zero-order valence-electron chi connectivity index (χ0n) is 54.1. The van der Waals surface area contributed by atoms with Crippen molar-refractivity contribution in [3.05, 3.63) is 36.5 Å². The first-order valence-corrected chi connectivity index (χ1v) is 36.2. The van der Waals surface area contributed by atoms with Gasteiger partial charge in [0.2, 0.25) is 5.91 Å². The highest BCUT2D eigenvalue weighted by Gasteiger charge is 2.20. The maximum absolute atomic E-state index is 12.6. The van der Waals surface area contributed by atoms with Gasteiger partial charge < -0.3 is 20.3 Å². The van der Waals surface area contributed by atoms with Crippen LogP contribution in [0.25, 0.3) is 0 Å². The van der Waals surface area contributed by atoms with Gasteiger partial charge in [0.05, 0.1) is 25.4 Å². The summed E-state index contributed by atoms with van der Waals surface area (Å²) in [6, 6.07) is -0.546. The summed E-state index contributed by atoms with van der Waals surface area (Å²) in [6.07, 6.45) is 89.1. The third kappa shape index (κ3) is 65.2. The minimum Gasteiger partial charge on any atom is -0.466 e. The van der Waals surface area contributed by atoms with Crippen molar-refractivity contribution in [2.24, 2.45) is 0 Å². The minimum absolute atomic E-state index is 0.00190. The van der Waals surface area contributed by atoms with Crippen molar-refractivity contribution in [3.8, 4) is 0 Å². The van der Waals surface area contributed by atoms with Crippen LogP contribution in [-0.4, -0.2) is 47.4 Å². The second-order valence-electron chi connectivity index (χ2n) is 24.9. The second kappa shape index (κ2) is 69.6. The number of esters is 1. The van der Waals surface area contributed by atoms with Crippen molar-refractivity contribution in [2.45, 2.75) is 411 Å². The Bertz CT molecular complexity index is 1300. The third-order valence-corrected chi connectivity index (χ3v) is 16.9. The van der Waals surface area contributed by atoms with Crippen molar-refractivity contribution >= 4 is 11.9 Å². The Morgan fingerprint density at radius 3 is 0.975 bits per heavy atom. The van der Waals surface area contributed by atoms with Crippen molar-refractivity contribution in [1.82, 2.24) is 5.32 Å². The topological polar surface area (TPSA) is 95.9 Å². The number of allylic oxidation sites excluding steroid dienone is 6. The molecule has 1 amide bonds. The molecule has 0 saturated carbocycles. The van der Waals surface area contributed by atoms with Crippen molar-refractivity contribution in [3.63, 3.8) is 0 Å². The molecule has 0 aliphatic heterocycles. The standard InChI is InChI=1S/C74H141NO5/c1-3-5-7-9-11-13-15-17-18-19-20-21-27-30-33-36-39-43-46-50-54-58-62-66-72(77)71(70-76)75-73(78)67-63-59-55-51-47-44-40-37-34-31-28-25-23-22-24-26-29-32-35-38-41-45-49-53-57-61-65-69-80-74(79)68-64-60-56-52-48-42-16-14-12-10-8-6-4-2/h14,16,22-23,26,29,71-72,76-77H,3-13,15,17-21,24-25,27-28,30-70H2,1-2H3,(H,75,78)/b16-14-,23-22-,29-26-. The van der Waals surface area contributed by atoms with Gasteiger partial charge in [-0.2, -0.15) is 0 Å². The van der Waals surface area contributed by atoms with Gasteiger partial charge in [0.15, 0.2) is 0 Å². The van der Waals surface area contributed by atoms with E-state index in [-0.39, 0.29) is 18.5 Å². The lowest BCUT2D eigenvalue weighted by Crippen LogP contribution is -2.45. The number of hydrogen-bond donors (Lipinski definition) is 3. The van der Waals surface area contributed by atoms with Gasteiger partial charge in [0.1, 0.15) is 0 Å². The number of hydrogen-bond acceptors (Lipinski definition) is 5. The summed E-state index contributed by atoms with van der Waals surface area (Å²) in [6.45, 7) is 4.97. The van der Waals surface area contributed by atoms with Gasteiger partial charge in [0.25, 0.3) is 0 Å². The monoisotopic (exact) mass is 1120 g/mol. The Morgan fingerprint density at radius 2 is 0.625 bits per heavy atom. The van der Waals surface area contributed by atoms with Crippen LogP contribution in [0, 0.1) is 0 Å². The highest BCUT2D eigenvalue weighted by Crippen LogP contribution is 2.19. The Labute approximate surface area is 500 Å². The maximum atomic E-state index is 12.6. The molecule has 0 rings (SSSR count). The number of carbonyl (C=O) groups excluding carboxylic acids is 2. The van der Waals surface area contributed by atoms with E-state index in [1.165, 1.54) is 315 Å². The van der Waals surface area contributed by atoms with E-state index in [1.54, 1.807) is 0 Å². The normalized spacial score (nSPS) is 12.7. The molecular formula is C74H141NO5. The summed E-state index contributed by atoms with van der Waals surface area (Å²) in [5, 5.41) is 23.4. The Kier molecular flexibility index (Phi) is 67.9. The van der Waals surface area contributed by atoms with Crippen LogP contribution in [0.1, 0.15) is 399 Å². The van der Waals surface area contributed by atoms with Crippen LogP contribution in [0.15, 0.2) is 36.5 Å². The summed E-state index contributed by atoms with van der Waals surface area (Å²) in [5.41, 5.74) is 0. The Morgan fingerprint density at radius 1 is 0.350 bits per heavy atom. The zero-order chi connectivity index (χ0) is 57.8. The summed E-state index contributed by atoms with van der Waals surface area (Å²) in [5.74, 6) is -0.0319. The highest BCUT2D eigenvalue weighted by atomic mass is 16.5. The van der Waals surface area contributed by atoms with Crippen LogP contribution >= 0.6 is 0 Å². The van der Waals surface area contributed by atoms with E-state index in [0.29, 0.717) is 25.9 Å². The first kappa shape index (κ1) is 78.1. The van der Waals surface area contributed by atoms with Gasteiger partial charge in [-0.15, -0.1) is 0 Å². The van der Waals surface area contributed by atoms with E-state index >= 15 is 0 Å². The molecule has 0 aliphatic carbocycles. The smallest absolute Gasteiger partial charge is 0.305 e. The molecule has 0 aromatic rings. The molecule has 0 fully saturated rings. The molecule has 2 unspecified atom stereocenters. The van der Waals surface area contributed by atoms with Gasteiger partial charge in [-0.1, -0.05) is 339 Å². The second-order valence-corrected chi connectivity index (χ2v) is 24.9. The SMILES string of the molecule is CCCCCC/C=C\CCCCCCCC(=O)OCCCCCCCCCCC/C=C\C/C=C\CCCCCCCCCCCCCC(=O)NC(CO)C(O)CCCCCCCCCCCCCCCCCCCCCCCCC. The summed E-state index contributed by atoms with van der Waals surface area (Å²) >= 11 is 0. The van der Waals surface area contributed by atoms with Gasteiger partial charge in [-0.05, 0) is 83.5 Å². The fraction of sp³-hybridized carbons (Fsp3) is 0.892. The molecule has 0 bridgehead atoms. The lowest BCUT2D eigenvalue weighted by atomic mass is 10.0. The van der Waals surface area contributed by atoms with E-state index in [1.807, 2.05) is 0 Å². The van der Waals surface area contributed by atoms with Crippen molar-refractivity contribution < 1.29 is 24.5 Å². The molecule has 0 aromatic carbocycles. The maximum Gasteiger partial charge on any atom is 0.305 e. The van der Waals surface area contributed by atoms with Gasteiger partial charge in [0, 0.05) is 12.8 Å². The van der Waals surface area contributed by atoms with Gasteiger partial charge in [-0.25, -0.2) is 0 Å². The molecule has 80 heavy (non-hydrogen) atoms. The third-order valence-electron chi connectivity index (χ3n) is 16.9. The van der Waals surface area contributed by atoms with Crippen LogP contribution < -0.4 is 5.32 Å². The molecule has 0 spiro atoms. The average molecular weight is 1120 g/mol. The van der Waals surface area contributed by atoms with Crippen LogP contribution in [0.5, 0.6) is 0 Å². The summed E-state index contributed by atoms with van der Waals surface area (Å²) in [4.78, 5) is 24.6. The van der Waals surface area contributed by atoms with Crippen LogP contribution in [0.3, 0.4) is 0 Å². The molecule has 6 heteroatoms. The number of amides is 1. The number of carbonyl (C=O) groups is 2. The van der Waals surface area contributed by atoms with E-state index in [9.17, 15) is 19.8 Å². The lowest BCUT2D eigenvalue weighted by molar-refractivity contribution is -0.143. The first-order chi connectivity index (χ1) is 39.5. The molecule has 0 aliphatic rings. The van der Waals surface area contributed by atoms with E-state index in [2.05, 4.69) is 55.6 Å². The Balaban J connectivity index is 3.42. The lowest BCUT2D eigenvalue weighted by Gasteiger charge is -2.22. The highest BCUT2D eigenvalue weighted by molar-refractivity contribution is 5.76. The van der Waals surface area contributed by atoms with E-state index in [0.717, 1.165) is 51.4 Å². The number of unbranched alkanes of at least 4 members (excludes halogenated alkanes) is 51. The van der Waals surface area contributed by atoms with E-state index < -0.39 is 12.1 Å². The molecule has 0 aromatic heterocycles. The minimum atomic E-state index is -0.668. The number of nitrogens with one attached hydrogen (secondary N) is 1. The molecule has 0 heterocycles. The van der Waals surface area contributed by atoms with Crippen LogP contribution in [0.2, 0.25) is 0 Å². The Hall–Kier alpha value is -1.92. The number of ether oxygens (including phenoxy) is 1. The molecule has 0 radical (unpaired) electrons. The molecular weight excluding hydrogens is 983 g/mol. The predicted octanol–water partition coefficient (Wildman–Crippen LogP) is 23.5. The fourth-order valence-electron chi connectivity index (χ4n) is 11.4. The van der Waals surface area contributed by atoms with Crippen LogP contribution in [-0.2, 0) is 14.3 Å². The van der Waals surface area contributed by atoms with Crippen molar-refractivity contribution in [2.75, 3.05) is 13.2 Å². The number of aliphatic hydroxyl groups excluding tert-OH is 2.